The third-order valence-corrected chi connectivity index (χ3v) is 5.00. The molecule has 0 bridgehead atoms. The van der Waals surface area contributed by atoms with Gasteiger partial charge >= 0.3 is 0 Å². The summed E-state index contributed by atoms with van der Waals surface area (Å²) in [4.78, 5) is 14.7. The average Bonchev–Trinajstić information content (AvgIpc) is 3.21. The molecule has 0 unspecified atom stereocenters. The van der Waals surface area contributed by atoms with E-state index in [0.29, 0.717) is 28.8 Å². The highest BCUT2D eigenvalue weighted by atomic mass is 19.1. The summed E-state index contributed by atoms with van der Waals surface area (Å²) in [5.74, 6) is 0.765. The number of hydrogen-bond acceptors (Lipinski definition) is 3. The van der Waals surface area contributed by atoms with Crippen LogP contribution >= 0.6 is 0 Å². The summed E-state index contributed by atoms with van der Waals surface area (Å²) in [5.41, 5.74) is 1.60. The zero-order valence-corrected chi connectivity index (χ0v) is 13.0. The number of rotatable bonds is 2. The van der Waals surface area contributed by atoms with Crippen molar-refractivity contribution in [3.63, 3.8) is 0 Å². The number of nitrogens with zero attached hydrogens (tertiary/aromatic N) is 3. The van der Waals surface area contributed by atoms with Crippen LogP contribution in [0.1, 0.15) is 16.1 Å². The number of amides is 1. The Labute approximate surface area is 134 Å². The second kappa shape index (κ2) is 5.45. The Balaban J connectivity index is 1.61. The standard InChI is InChI=1S/C17H19FN4O/c1-11-14(8-20-22(11)16-5-3-2-4-15(16)18)17(23)21-9-12-6-19-7-13(12)10-21/h2-5,8,12-13,19H,6-7,9-10H2,1H3/t12-,13+. The lowest BCUT2D eigenvalue weighted by molar-refractivity contribution is 0.0781. The molecule has 2 aliphatic heterocycles. The molecule has 1 amide bonds. The quantitative estimate of drug-likeness (QED) is 0.916. The molecule has 2 fully saturated rings. The number of carbonyl (C=O) groups excluding carboxylic acids is 1. The molecule has 1 aromatic carbocycles. The van der Waals surface area contributed by atoms with Crippen molar-refractivity contribution in [3.8, 4) is 5.69 Å². The fourth-order valence-corrected chi connectivity index (χ4v) is 3.68. The van der Waals surface area contributed by atoms with Crippen LogP contribution in [0, 0.1) is 24.6 Å². The van der Waals surface area contributed by atoms with Crippen LogP contribution in [0.25, 0.3) is 5.69 Å². The molecule has 0 radical (unpaired) electrons. The first-order chi connectivity index (χ1) is 11.1. The summed E-state index contributed by atoms with van der Waals surface area (Å²) in [6.07, 6.45) is 1.55. The van der Waals surface area contributed by atoms with E-state index < -0.39 is 0 Å². The van der Waals surface area contributed by atoms with E-state index in [9.17, 15) is 9.18 Å². The summed E-state index contributed by atoms with van der Waals surface area (Å²) in [5, 5.41) is 7.60. The number of fused-ring (bicyclic) bond motifs is 1. The summed E-state index contributed by atoms with van der Waals surface area (Å²) < 4.78 is 15.5. The van der Waals surface area contributed by atoms with E-state index in [1.165, 1.54) is 10.7 Å². The summed E-state index contributed by atoms with van der Waals surface area (Å²) in [7, 11) is 0. The highest BCUT2D eigenvalue weighted by molar-refractivity contribution is 5.95. The molecule has 0 aliphatic carbocycles. The second-order valence-electron chi connectivity index (χ2n) is 6.40. The van der Waals surface area contributed by atoms with E-state index in [4.69, 9.17) is 0 Å². The molecule has 6 heteroatoms. The maximum absolute atomic E-state index is 14.0. The van der Waals surface area contributed by atoms with Crippen molar-refractivity contribution in [2.24, 2.45) is 11.8 Å². The van der Waals surface area contributed by atoms with E-state index in [2.05, 4.69) is 10.4 Å². The molecule has 0 spiro atoms. The normalized spacial score (nSPS) is 23.3. The number of likely N-dealkylation sites (tertiary alicyclic amines) is 1. The molecule has 23 heavy (non-hydrogen) atoms. The van der Waals surface area contributed by atoms with E-state index >= 15 is 0 Å². The maximum atomic E-state index is 14.0. The number of benzene rings is 1. The Morgan fingerprint density at radius 2 is 1.96 bits per heavy atom. The van der Waals surface area contributed by atoms with Crippen LogP contribution in [0.15, 0.2) is 30.5 Å². The number of hydrogen-bond donors (Lipinski definition) is 1. The van der Waals surface area contributed by atoms with Gasteiger partial charge in [0.15, 0.2) is 0 Å². The molecule has 3 heterocycles. The minimum Gasteiger partial charge on any atom is -0.338 e. The molecule has 120 valence electrons. The predicted octanol–water partition coefficient (Wildman–Crippen LogP) is 1.61. The van der Waals surface area contributed by atoms with Crippen LogP contribution in [-0.2, 0) is 0 Å². The minimum absolute atomic E-state index is 0.000473. The molecule has 2 aliphatic rings. The zero-order chi connectivity index (χ0) is 16.0. The Kier molecular flexibility index (Phi) is 3.41. The van der Waals surface area contributed by atoms with Crippen molar-refractivity contribution in [2.45, 2.75) is 6.92 Å². The lowest BCUT2D eigenvalue weighted by Crippen LogP contribution is -2.32. The molecule has 0 saturated carbocycles. The van der Waals surface area contributed by atoms with E-state index in [1.54, 1.807) is 24.4 Å². The third-order valence-electron chi connectivity index (χ3n) is 5.00. The molecular formula is C17H19FN4O. The fraction of sp³-hybridized carbons (Fsp3) is 0.412. The van der Waals surface area contributed by atoms with E-state index in [-0.39, 0.29) is 11.7 Å². The smallest absolute Gasteiger partial charge is 0.257 e. The molecule has 5 nitrogen and oxygen atoms in total. The van der Waals surface area contributed by atoms with Crippen LogP contribution < -0.4 is 5.32 Å². The largest absolute Gasteiger partial charge is 0.338 e. The van der Waals surface area contributed by atoms with Crippen LogP contribution in [0.2, 0.25) is 0 Å². The van der Waals surface area contributed by atoms with Crippen molar-refractivity contribution in [1.82, 2.24) is 20.0 Å². The van der Waals surface area contributed by atoms with Gasteiger partial charge in [-0.2, -0.15) is 5.10 Å². The second-order valence-corrected chi connectivity index (χ2v) is 6.40. The Morgan fingerprint density at radius 1 is 1.26 bits per heavy atom. The molecule has 2 aromatic rings. The SMILES string of the molecule is Cc1c(C(=O)N2C[C@H]3CNC[C@H]3C2)cnn1-c1ccccc1F. The Morgan fingerprint density at radius 3 is 2.65 bits per heavy atom. The maximum Gasteiger partial charge on any atom is 0.257 e. The number of nitrogens with one attached hydrogen (secondary N) is 1. The van der Waals surface area contributed by atoms with Gasteiger partial charge in [-0.05, 0) is 30.9 Å². The highest BCUT2D eigenvalue weighted by Crippen LogP contribution is 2.28. The van der Waals surface area contributed by atoms with Crippen molar-refractivity contribution >= 4 is 5.91 Å². The average molecular weight is 314 g/mol. The first-order valence-electron chi connectivity index (χ1n) is 7.94. The van der Waals surface area contributed by atoms with Crippen molar-refractivity contribution in [1.29, 1.82) is 0 Å². The van der Waals surface area contributed by atoms with Gasteiger partial charge in [-0.3, -0.25) is 4.79 Å². The van der Waals surface area contributed by atoms with Crippen LogP contribution in [0.4, 0.5) is 4.39 Å². The van der Waals surface area contributed by atoms with Gasteiger partial charge in [-0.1, -0.05) is 12.1 Å². The van der Waals surface area contributed by atoms with Crippen molar-refractivity contribution in [3.05, 3.63) is 47.5 Å². The number of aromatic nitrogens is 2. The molecule has 2 saturated heterocycles. The van der Waals surface area contributed by atoms with Gasteiger partial charge in [-0.15, -0.1) is 0 Å². The van der Waals surface area contributed by atoms with Gasteiger partial charge < -0.3 is 10.2 Å². The van der Waals surface area contributed by atoms with Crippen LogP contribution in [-0.4, -0.2) is 46.8 Å². The summed E-state index contributed by atoms with van der Waals surface area (Å²) >= 11 is 0. The molecule has 4 rings (SSSR count). The van der Waals surface area contributed by atoms with Crippen LogP contribution in [0.5, 0.6) is 0 Å². The number of halogens is 1. The van der Waals surface area contributed by atoms with E-state index in [0.717, 1.165) is 26.2 Å². The van der Waals surface area contributed by atoms with Crippen molar-refractivity contribution in [2.75, 3.05) is 26.2 Å². The lowest BCUT2D eigenvalue weighted by Gasteiger charge is -2.17. The number of carbonyl (C=O) groups is 1. The molecule has 2 atom stereocenters. The van der Waals surface area contributed by atoms with Gasteiger partial charge in [0.25, 0.3) is 5.91 Å². The number of para-hydroxylation sites is 1. The van der Waals surface area contributed by atoms with Gasteiger partial charge in [0, 0.05) is 26.2 Å². The fourth-order valence-electron chi connectivity index (χ4n) is 3.68. The summed E-state index contributed by atoms with van der Waals surface area (Å²) in [6.45, 7) is 5.37. The zero-order valence-electron chi connectivity index (χ0n) is 13.0. The minimum atomic E-state index is -0.348. The first kappa shape index (κ1) is 14.4. The first-order valence-corrected chi connectivity index (χ1v) is 7.94. The monoisotopic (exact) mass is 314 g/mol. The molecular weight excluding hydrogens is 295 g/mol. The van der Waals surface area contributed by atoms with Gasteiger partial charge in [0.05, 0.1) is 17.5 Å². The van der Waals surface area contributed by atoms with Gasteiger partial charge in [-0.25, -0.2) is 9.07 Å². The third kappa shape index (κ3) is 2.34. The molecule has 1 aromatic heterocycles. The Bertz CT molecular complexity index is 745. The highest BCUT2D eigenvalue weighted by Gasteiger charge is 2.38. The predicted molar refractivity (Wildman–Crippen MR) is 84.0 cm³/mol. The van der Waals surface area contributed by atoms with Gasteiger partial charge in [0.1, 0.15) is 11.5 Å². The Hall–Kier alpha value is -2.21. The van der Waals surface area contributed by atoms with Crippen LogP contribution in [0.3, 0.4) is 0 Å². The van der Waals surface area contributed by atoms with Crippen molar-refractivity contribution < 1.29 is 9.18 Å². The van der Waals surface area contributed by atoms with Gasteiger partial charge in [0.2, 0.25) is 0 Å². The summed E-state index contributed by atoms with van der Waals surface area (Å²) in [6, 6.07) is 6.46. The van der Waals surface area contributed by atoms with E-state index in [1.807, 2.05) is 11.8 Å². The topological polar surface area (TPSA) is 50.2 Å². The lowest BCUT2D eigenvalue weighted by atomic mass is 10.0. The molecule has 1 N–H and O–H groups in total.